The maximum absolute atomic E-state index is 12.9. The van der Waals surface area contributed by atoms with E-state index in [1.807, 2.05) is 35.0 Å². The van der Waals surface area contributed by atoms with E-state index in [0.29, 0.717) is 54.0 Å². The first-order valence-corrected chi connectivity index (χ1v) is 15.5. The van der Waals surface area contributed by atoms with Crippen molar-refractivity contribution in [3.8, 4) is 22.8 Å². The number of piperidine rings is 1. The van der Waals surface area contributed by atoms with Crippen LogP contribution in [0.4, 0.5) is 16.4 Å². The second-order valence-electron chi connectivity index (χ2n) is 10.8. The molecule has 1 aliphatic heterocycles. The highest BCUT2D eigenvalue weighted by atomic mass is 79.9. The fourth-order valence-corrected chi connectivity index (χ4v) is 6.13. The fraction of sp³-hybridized carbons (Fsp3) is 0.242. The van der Waals surface area contributed by atoms with Crippen molar-refractivity contribution < 1.29 is 24.2 Å². The fourth-order valence-electron chi connectivity index (χ4n) is 5.64. The van der Waals surface area contributed by atoms with Crippen molar-refractivity contribution in [3.63, 3.8) is 0 Å². The van der Waals surface area contributed by atoms with Crippen molar-refractivity contribution in [2.24, 2.45) is 0 Å². The number of ether oxygens (including phenoxy) is 2. The third kappa shape index (κ3) is 6.31. The average Bonchev–Trinajstić information content (AvgIpc) is 3.50. The number of carbonyl (C=O) groups is 2. The van der Waals surface area contributed by atoms with Crippen molar-refractivity contribution in [2.75, 3.05) is 37.9 Å². The minimum Gasteiger partial charge on any atom is -0.497 e. The summed E-state index contributed by atoms with van der Waals surface area (Å²) < 4.78 is 13.6. The second-order valence-corrected chi connectivity index (χ2v) is 11.6. The standard InChI is InChI=1S/C33H32BrN7O5/c1-45-24-13-12-22(26(16-24)46-2)17-36-31-28-29(20-8-10-21(11-9-20)32(42)38-27-7-3-4-14-35-27)39-41(30(28)25(34)18-37-31)23-6-5-15-40(19-23)33(43)44/h3-4,7-14,16,18,23H,5-6,15,17,19H2,1-2H3,(H,36,37)(H,43,44)(H,35,38,42). The van der Waals surface area contributed by atoms with Gasteiger partial charge in [0.2, 0.25) is 0 Å². The summed E-state index contributed by atoms with van der Waals surface area (Å²) in [5.74, 6) is 2.14. The molecule has 46 heavy (non-hydrogen) atoms. The van der Waals surface area contributed by atoms with Crippen LogP contribution in [-0.4, -0.2) is 69.1 Å². The molecule has 3 N–H and O–H groups in total. The van der Waals surface area contributed by atoms with Gasteiger partial charge in [0.05, 0.1) is 35.6 Å². The van der Waals surface area contributed by atoms with Gasteiger partial charge in [0, 0.05) is 54.8 Å². The summed E-state index contributed by atoms with van der Waals surface area (Å²) >= 11 is 3.70. The van der Waals surface area contributed by atoms with Gasteiger partial charge in [-0.25, -0.2) is 14.8 Å². The summed E-state index contributed by atoms with van der Waals surface area (Å²) in [5.41, 5.74) is 3.59. The summed E-state index contributed by atoms with van der Waals surface area (Å²) in [6, 6.07) is 17.9. The first kappa shape index (κ1) is 30.8. The van der Waals surface area contributed by atoms with Crippen LogP contribution in [0.2, 0.25) is 0 Å². The van der Waals surface area contributed by atoms with Gasteiger partial charge >= 0.3 is 6.09 Å². The van der Waals surface area contributed by atoms with Crippen LogP contribution in [0.3, 0.4) is 0 Å². The monoisotopic (exact) mass is 685 g/mol. The Hall–Kier alpha value is -5.17. The molecular weight excluding hydrogens is 654 g/mol. The lowest BCUT2D eigenvalue weighted by Crippen LogP contribution is -2.40. The van der Waals surface area contributed by atoms with Gasteiger partial charge < -0.3 is 30.1 Å². The van der Waals surface area contributed by atoms with Crippen LogP contribution < -0.4 is 20.1 Å². The largest absolute Gasteiger partial charge is 0.497 e. The Labute approximate surface area is 273 Å². The Kier molecular flexibility index (Phi) is 9.01. The third-order valence-corrected chi connectivity index (χ3v) is 8.54. The van der Waals surface area contributed by atoms with E-state index in [2.05, 4.69) is 31.5 Å². The normalized spacial score (nSPS) is 14.6. The van der Waals surface area contributed by atoms with Crippen molar-refractivity contribution in [1.82, 2.24) is 24.6 Å². The molecule has 13 heteroatoms. The maximum atomic E-state index is 12.9. The van der Waals surface area contributed by atoms with Gasteiger partial charge in [-0.05, 0) is 65.2 Å². The molecule has 6 rings (SSSR count). The number of aromatic nitrogens is 4. The smallest absolute Gasteiger partial charge is 0.407 e. The topological polar surface area (TPSA) is 144 Å². The maximum Gasteiger partial charge on any atom is 0.407 e. The molecule has 0 radical (unpaired) electrons. The molecule has 1 fully saturated rings. The summed E-state index contributed by atoms with van der Waals surface area (Å²) in [4.78, 5) is 35.1. The van der Waals surface area contributed by atoms with Gasteiger partial charge in [-0.3, -0.25) is 9.48 Å². The molecule has 1 atom stereocenters. The van der Waals surface area contributed by atoms with Crippen LogP contribution in [0.5, 0.6) is 11.5 Å². The minimum absolute atomic E-state index is 0.183. The van der Waals surface area contributed by atoms with Crippen LogP contribution in [0.1, 0.15) is 34.8 Å². The Morgan fingerprint density at radius 1 is 1.07 bits per heavy atom. The zero-order chi connectivity index (χ0) is 32.2. The van der Waals surface area contributed by atoms with E-state index < -0.39 is 6.09 Å². The van der Waals surface area contributed by atoms with Crippen LogP contribution in [0.25, 0.3) is 22.2 Å². The number of pyridine rings is 2. The predicted octanol–water partition coefficient (Wildman–Crippen LogP) is 6.45. The molecule has 4 heterocycles. The van der Waals surface area contributed by atoms with Gasteiger partial charge in [0.1, 0.15) is 28.8 Å². The number of rotatable bonds is 9. The molecule has 0 aliphatic carbocycles. The predicted molar refractivity (Wildman–Crippen MR) is 178 cm³/mol. The summed E-state index contributed by atoms with van der Waals surface area (Å²) in [6.45, 7) is 1.21. The second kappa shape index (κ2) is 13.4. The zero-order valence-corrected chi connectivity index (χ0v) is 26.8. The van der Waals surface area contributed by atoms with Crippen molar-refractivity contribution in [2.45, 2.75) is 25.4 Å². The molecule has 3 aromatic heterocycles. The number of nitrogens with one attached hydrogen (secondary N) is 2. The molecule has 2 aromatic carbocycles. The van der Waals surface area contributed by atoms with Gasteiger partial charge in [0.15, 0.2) is 0 Å². The Morgan fingerprint density at radius 3 is 2.61 bits per heavy atom. The number of benzene rings is 2. The molecule has 236 valence electrons. The van der Waals surface area contributed by atoms with Crippen LogP contribution >= 0.6 is 15.9 Å². The van der Waals surface area contributed by atoms with E-state index >= 15 is 0 Å². The lowest BCUT2D eigenvalue weighted by Gasteiger charge is -2.31. The number of hydrogen-bond donors (Lipinski definition) is 3. The number of nitrogens with zero attached hydrogens (tertiary/aromatic N) is 5. The first-order chi connectivity index (χ1) is 22.4. The number of methoxy groups -OCH3 is 2. The Morgan fingerprint density at radius 2 is 1.89 bits per heavy atom. The molecule has 1 saturated heterocycles. The molecule has 0 saturated carbocycles. The minimum atomic E-state index is -0.947. The van der Waals surface area contributed by atoms with Gasteiger partial charge in [0.25, 0.3) is 5.91 Å². The number of anilines is 2. The first-order valence-electron chi connectivity index (χ1n) is 14.7. The summed E-state index contributed by atoms with van der Waals surface area (Å²) in [5, 5.41) is 21.9. The molecule has 1 aliphatic rings. The zero-order valence-electron chi connectivity index (χ0n) is 25.2. The van der Waals surface area contributed by atoms with Crippen molar-refractivity contribution >= 4 is 50.5 Å². The highest BCUT2D eigenvalue weighted by Crippen LogP contribution is 2.39. The summed E-state index contributed by atoms with van der Waals surface area (Å²) in [7, 11) is 3.22. The Bertz CT molecular complexity index is 1880. The number of carboxylic acid groups (broad SMARTS) is 1. The molecule has 12 nitrogen and oxygen atoms in total. The average molecular weight is 687 g/mol. The highest BCUT2D eigenvalue weighted by Gasteiger charge is 2.29. The van der Waals surface area contributed by atoms with Crippen LogP contribution in [0, 0.1) is 0 Å². The Balaban J connectivity index is 1.40. The van der Waals surface area contributed by atoms with E-state index in [4.69, 9.17) is 19.6 Å². The lowest BCUT2D eigenvalue weighted by atomic mass is 10.0. The molecule has 0 spiro atoms. The van der Waals surface area contributed by atoms with Crippen molar-refractivity contribution in [3.05, 3.63) is 88.7 Å². The number of carbonyl (C=O) groups excluding carboxylic acids is 1. The van der Waals surface area contributed by atoms with Gasteiger partial charge in [-0.15, -0.1) is 0 Å². The highest BCUT2D eigenvalue weighted by molar-refractivity contribution is 9.10. The lowest BCUT2D eigenvalue weighted by molar-refractivity contribution is 0.102. The number of fused-ring (bicyclic) bond motifs is 1. The summed E-state index contributed by atoms with van der Waals surface area (Å²) in [6.07, 6.45) is 3.88. The van der Waals surface area contributed by atoms with E-state index in [1.165, 1.54) is 4.90 Å². The van der Waals surface area contributed by atoms with Crippen molar-refractivity contribution in [1.29, 1.82) is 0 Å². The third-order valence-electron chi connectivity index (χ3n) is 7.96. The quantitative estimate of drug-likeness (QED) is 0.159. The molecule has 5 aromatic rings. The van der Waals surface area contributed by atoms with Crippen LogP contribution in [-0.2, 0) is 6.54 Å². The van der Waals surface area contributed by atoms with Crippen LogP contribution in [0.15, 0.2) is 77.5 Å². The van der Waals surface area contributed by atoms with E-state index in [0.717, 1.165) is 39.3 Å². The van der Waals surface area contributed by atoms with E-state index in [-0.39, 0.29) is 11.9 Å². The molecule has 2 amide bonds. The molecule has 0 bridgehead atoms. The van der Waals surface area contributed by atoms with Gasteiger partial charge in [-0.1, -0.05) is 18.2 Å². The SMILES string of the molecule is COc1ccc(CNc2ncc(Br)c3c2c(-c2ccc(C(=O)Nc4ccccn4)cc2)nn3C2CCCN(C(=O)O)C2)c(OC)c1. The number of halogens is 1. The van der Waals surface area contributed by atoms with Gasteiger partial charge in [-0.2, -0.15) is 5.10 Å². The number of amides is 2. The van der Waals surface area contributed by atoms with E-state index in [1.54, 1.807) is 56.9 Å². The molecular formula is C33H32BrN7O5. The molecule has 1 unspecified atom stereocenters. The number of likely N-dealkylation sites (tertiary alicyclic amines) is 1. The van der Waals surface area contributed by atoms with E-state index in [9.17, 15) is 14.7 Å². The number of hydrogen-bond acceptors (Lipinski definition) is 8.